The number of carbonyl (C=O) groups is 19. The van der Waals surface area contributed by atoms with E-state index in [2.05, 4.69) is 48.8 Å². The minimum atomic E-state index is -3.60. The molecule has 0 aliphatic heterocycles. The van der Waals surface area contributed by atoms with Crippen molar-refractivity contribution in [2.45, 2.75) is 146 Å². The molecule has 5 aromatic carbocycles. The molecule has 0 saturated heterocycles. The van der Waals surface area contributed by atoms with Crippen LogP contribution >= 0.6 is 0 Å². The quantitative estimate of drug-likeness (QED) is 0.00900. The van der Waals surface area contributed by atoms with Crippen molar-refractivity contribution in [1.82, 2.24) is 21.3 Å². The minimum absolute atomic E-state index is 0. The van der Waals surface area contributed by atoms with Gasteiger partial charge in [0.25, 0.3) is 0 Å². The van der Waals surface area contributed by atoms with Crippen LogP contribution in [-0.2, 0) is 95.2 Å². The van der Waals surface area contributed by atoms with Gasteiger partial charge in [-0.3, -0.25) is 62.3 Å². The summed E-state index contributed by atoms with van der Waals surface area (Å²) in [5.41, 5.74) is 10.4. The molecule has 0 unspecified atom stereocenters. The SMILES string of the molecule is C.C.C.C=C(O)CCCS(N)(=O)=O.CC(=O)CCCCc1ccc(C(=O)O)cc1.CC(=O)CCNCCC(=O)O.CC(=O)CNCC(=O)O.CC(=O)c1cc(N)cc(C(=O)O)c1.NS(=O)(=O)CCC(=O)O.O=C(O)CCCc1ccc(C(=O)O)cc1.O=C(O)CCNCC(=O)O.O=C(O)CCNCC(=O)O.O=C(O)CCNc1ccc(C(=O)O)cc1.O=C(O)CNc1ccc(C(=O)O)cc1. The number of benzene rings is 5. The number of anilines is 3. The summed E-state index contributed by atoms with van der Waals surface area (Å²) in [5.74, 6) is -14.9. The lowest BCUT2D eigenvalue weighted by Gasteiger charge is -2.04. The first-order chi connectivity index (χ1) is 61.2. The van der Waals surface area contributed by atoms with Gasteiger partial charge in [-0.25, -0.2) is 51.1 Å². The molecule has 0 saturated carbocycles. The van der Waals surface area contributed by atoms with E-state index in [-0.39, 0.29) is 169 Å². The number of carboxylic acid groups (broad SMARTS) is 15. The molecule has 0 aliphatic rings. The van der Waals surface area contributed by atoms with E-state index in [0.29, 0.717) is 74.2 Å². The number of Topliss-reactive ketones (excluding diaryl/α,β-unsaturated/α-hetero) is 4. The molecule has 50 heteroatoms. The third-order valence-electron chi connectivity index (χ3n) is 14.4. The maximum Gasteiger partial charge on any atom is 0.335 e. The zero-order valence-corrected chi connectivity index (χ0v) is 74.0. The molecule has 5 rings (SSSR count). The molecule has 758 valence electrons. The maximum atomic E-state index is 10.9. The number of nitrogen functional groups attached to an aromatic ring is 1. The van der Waals surface area contributed by atoms with Crippen molar-refractivity contribution in [3.05, 3.63) is 172 Å². The highest BCUT2D eigenvalue weighted by atomic mass is 32.2. The first kappa shape index (κ1) is 138. The van der Waals surface area contributed by atoms with Crippen molar-refractivity contribution < 1.29 is 190 Å². The van der Waals surface area contributed by atoms with Crippen LogP contribution in [0.2, 0.25) is 0 Å². The van der Waals surface area contributed by atoms with Gasteiger partial charge in [0.1, 0.15) is 23.9 Å². The second-order valence-corrected chi connectivity index (χ2v) is 29.9. The topological polar surface area (TPSA) is 867 Å². The van der Waals surface area contributed by atoms with Gasteiger partial charge in [-0.05, 0) is 168 Å². The lowest BCUT2D eigenvalue weighted by atomic mass is 10.0. The Balaban J connectivity index is -0.000000185. The van der Waals surface area contributed by atoms with E-state index in [9.17, 15) is 108 Å². The molecule has 0 aliphatic carbocycles. The summed E-state index contributed by atoms with van der Waals surface area (Å²) in [6, 6.07) is 29.4. The number of aliphatic hydroxyl groups excluding tert-OH is 1. The van der Waals surface area contributed by atoms with Crippen molar-refractivity contribution >= 4 is 150 Å². The average molecular weight is 1960 g/mol. The van der Waals surface area contributed by atoms with Gasteiger partial charge in [0.15, 0.2) is 5.78 Å². The Morgan fingerprint density at radius 1 is 0.289 bits per heavy atom. The van der Waals surface area contributed by atoms with Gasteiger partial charge >= 0.3 is 89.5 Å². The van der Waals surface area contributed by atoms with Crippen molar-refractivity contribution in [2.24, 2.45) is 10.3 Å². The standard InChI is InChI=1S/C13H16O3.C11H12O4.C10H11NO4.C9H9NO4.C9H9NO3.C7H13NO3.2C5H9NO4.C5H11NO3S.C5H9NO3.C3H7NO4S.3CH4/c1-10(14)4-2-3-5-11-6-8-12(9-7-11)13(15)16;12-10(13)3-1-2-8-4-6-9(7-5-8)11(14)15;12-9(13)5-6-11-8-3-1-7(2-4-8)10(14)15;11-8(12)5-10-7-3-1-6(2-4-7)9(13)14;1-5(11)6-2-7(9(12)13)4-8(10)3-6;1-6(9)2-4-8-5-3-7(10)11;2*7-4(8)1-2-6-3-5(9)10;1-5(7)3-2-4-10(6,8)9;1-4(7)2-6-3-5(8)9;4-9(7,8)2-1-3(5)6;;;/h6-9H,2-5H2,1H3,(H,15,16);4-7H,1-3H2,(H,12,13)(H,14,15);1-4,11H,5-6H2,(H,12,13)(H,14,15);1-4,10H,5H2,(H,11,12)(H,13,14);2-4H,10H2,1H3,(H,12,13);8H,2-5H2,1H3,(H,10,11);2*6H,1-3H2,(H,7,8)(H,9,10);7H,1-4H2,(H2,6,8,9);6H,2-3H2,1H3,(H,8,9);1-2H2,(H,5,6)(H2,4,7,8);3*1H4. The van der Waals surface area contributed by atoms with E-state index >= 15 is 0 Å². The van der Waals surface area contributed by atoms with Gasteiger partial charge in [0.05, 0.1) is 103 Å². The van der Waals surface area contributed by atoms with Gasteiger partial charge in [-0.15, -0.1) is 0 Å². The number of rotatable bonds is 49. The number of sulfonamides is 2. The lowest BCUT2D eigenvalue weighted by Crippen LogP contribution is -2.26. The largest absolute Gasteiger partial charge is 0.513 e. The minimum Gasteiger partial charge on any atom is -0.513 e. The van der Waals surface area contributed by atoms with E-state index in [1.165, 1.54) is 87.5 Å². The molecule has 0 radical (unpaired) electrons. The predicted octanol–water partition coefficient (Wildman–Crippen LogP) is 6.14. The van der Waals surface area contributed by atoms with Crippen LogP contribution in [0, 0.1) is 0 Å². The molecule has 135 heavy (non-hydrogen) atoms. The number of nitrogens with one attached hydrogen (secondary N) is 6. The van der Waals surface area contributed by atoms with Gasteiger partial charge in [0.2, 0.25) is 20.0 Å². The molecule has 28 N–H and O–H groups in total. The van der Waals surface area contributed by atoms with Crippen LogP contribution in [-0.4, -0.2) is 288 Å². The fraction of sp³-hybridized carbons (Fsp3) is 0.400. The molecule has 0 fully saturated rings. The van der Waals surface area contributed by atoms with E-state index in [1.54, 1.807) is 43.3 Å². The second-order valence-electron chi connectivity index (χ2n) is 26.5. The van der Waals surface area contributed by atoms with Crippen LogP contribution in [0.5, 0.6) is 0 Å². The third kappa shape index (κ3) is 103. The third-order valence-corrected chi connectivity index (χ3v) is 16.0. The first-order valence-corrected chi connectivity index (χ1v) is 42.0. The van der Waals surface area contributed by atoms with Crippen LogP contribution in [0.15, 0.2) is 128 Å². The summed E-state index contributed by atoms with van der Waals surface area (Å²) < 4.78 is 40.7. The van der Waals surface area contributed by atoms with Crippen LogP contribution in [0.3, 0.4) is 0 Å². The highest BCUT2D eigenvalue weighted by Crippen LogP contribution is 2.15. The molecule has 0 atom stereocenters. The zero-order chi connectivity index (χ0) is 103. The number of carboxylic acids is 15. The first-order valence-electron chi connectivity index (χ1n) is 38.5. The van der Waals surface area contributed by atoms with Crippen LogP contribution in [0.4, 0.5) is 17.1 Å². The highest BCUT2D eigenvalue weighted by molar-refractivity contribution is 7.89. The molecule has 48 nitrogen and oxygen atoms in total. The summed E-state index contributed by atoms with van der Waals surface area (Å²) >= 11 is 0. The highest BCUT2D eigenvalue weighted by Gasteiger charge is 2.12. The molecule has 0 amide bonds. The van der Waals surface area contributed by atoms with E-state index in [1.807, 2.05) is 12.1 Å². The van der Waals surface area contributed by atoms with Crippen molar-refractivity contribution in [3.63, 3.8) is 0 Å². The van der Waals surface area contributed by atoms with E-state index in [0.717, 1.165) is 30.4 Å². The Morgan fingerprint density at radius 3 is 0.904 bits per heavy atom. The maximum absolute atomic E-state index is 10.9. The average Bonchev–Trinajstić information content (AvgIpc) is 0.856. The number of aromatic carboxylic acids is 5. The number of hydrogen-bond acceptors (Lipinski definition) is 31. The number of nitrogens with two attached hydrogens (primary N) is 3. The van der Waals surface area contributed by atoms with Gasteiger partial charge in [0, 0.05) is 81.0 Å². The molecule has 0 bridgehead atoms. The Kier molecular flexibility index (Phi) is 84.6. The number of aliphatic carboxylic acids is 10. The molecular formula is C85H127N9O39S2. The normalized spacial score (nSPS) is 9.59. The molecule has 0 heterocycles. The molecule has 0 aromatic heterocycles. The Morgan fingerprint density at radius 2 is 0.600 bits per heavy atom. The van der Waals surface area contributed by atoms with Crippen molar-refractivity contribution in [1.29, 1.82) is 0 Å². The molecule has 5 aromatic rings. The monoisotopic (exact) mass is 1960 g/mol. The van der Waals surface area contributed by atoms with Gasteiger partial charge < -0.3 is 124 Å². The predicted molar refractivity (Wildman–Crippen MR) is 494 cm³/mol. The molecule has 0 spiro atoms. The fourth-order valence-corrected chi connectivity index (χ4v) is 9.13. The van der Waals surface area contributed by atoms with Crippen LogP contribution in [0.25, 0.3) is 0 Å². The van der Waals surface area contributed by atoms with Gasteiger partial charge in [-0.1, -0.05) is 53.1 Å². The fourth-order valence-electron chi connectivity index (χ4n) is 8.12. The van der Waals surface area contributed by atoms with Gasteiger partial charge in [-0.2, -0.15) is 0 Å². The summed E-state index contributed by atoms with van der Waals surface area (Å²) in [6.07, 6.45) is 5.46. The Hall–Kier alpha value is -14.6. The zero-order valence-electron chi connectivity index (χ0n) is 72.4. The van der Waals surface area contributed by atoms with Crippen LogP contribution in [0.1, 0.15) is 207 Å². The number of allylic oxidation sites excluding steroid dienone is 1. The number of ketones is 4. The summed E-state index contributed by atoms with van der Waals surface area (Å²) in [7, 11) is -6.97. The number of aryl methyl sites for hydroxylation is 2. The summed E-state index contributed by atoms with van der Waals surface area (Å²) in [6.45, 7) is 10.2. The Bertz CT molecular complexity index is 4530. The smallest absolute Gasteiger partial charge is 0.335 e. The van der Waals surface area contributed by atoms with E-state index < -0.39 is 122 Å². The number of unbranched alkanes of at least 4 members (excludes halogenated alkanes) is 1. The Labute approximate surface area is 779 Å². The van der Waals surface area contributed by atoms with Crippen LogP contribution < -0.4 is 47.9 Å². The second kappa shape index (κ2) is 82.6. The van der Waals surface area contributed by atoms with Crippen molar-refractivity contribution in [3.8, 4) is 0 Å². The number of primary sulfonamides is 2. The van der Waals surface area contributed by atoms with Crippen molar-refractivity contribution in [2.75, 3.05) is 93.3 Å². The molecular weight excluding hydrogens is 1840 g/mol. The summed E-state index contributed by atoms with van der Waals surface area (Å²) in [4.78, 5) is 194. The van der Waals surface area contributed by atoms with E-state index in [4.69, 9.17) is 87.4 Å². The lowest BCUT2D eigenvalue weighted by molar-refractivity contribution is -0.138. The number of aliphatic hydroxyl groups is 1. The number of hydrogen-bond donors (Lipinski definition) is 25. The summed E-state index contributed by atoms with van der Waals surface area (Å²) in [5, 5.41) is 158. The number of carbonyl (C=O) groups excluding carboxylic acids is 4.